The van der Waals surface area contributed by atoms with Crippen LogP contribution in [0.2, 0.25) is 10.0 Å². The van der Waals surface area contributed by atoms with E-state index in [1.165, 1.54) is 28.8 Å². The topological polar surface area (TPSA) is 87.5 Å². The second kappa shape index (κ2) is 8.51. The highest BCUT2D eigenvalue weighted by atomic mass is 35.5. The summed E-state index contributed by atoms with van der Waals surface area (Å²) < 4.78 is 29.8. The molecule has 11 heteroatoms. The van der Waals surface area contributed by atoms with Crippen LogP contribution in [0.15, 0.2) is 59.5 Å². The molecule has 1 aliphatic heterocycles. The van der Waals surface area contributed by atoms with Gasteiger partial charge in [0.05, 0.1) is 32.4 Å². The molecule has 7 nitrogen and oxygen atoms in total. The lowest BCUT2D eigenvalue weighted by Gasteiger charge is -2.21. The second-order valence-corrected chi connectivity index (χ2v) is 10.1. The molecule has 3 heterocycles. The molecule has 2 aliphatic rings. The third kappa shape index (κ3) is 4.03. The number of pyridine rings is 2. The number of hydrogen-bond acceptors (Lipinski definition) is 5. The molecule has 1 saturated carbocycles. The van der Waals surface area contributed by atoms with Gasteiger partial charge in [0.15, 0.2) is 5.65 Å². The van der Waals surface area contributed by atoms with E-state index in [1.54, 1.807) is 12.1 Å². The zero-order chi connectivity index (χ0) is 26.1. The maximum absolute atomic E-state index is 14.9. The number of fused-ring (bicyclic) bond motifs is 2. The first kappa shape index (κ1) is 23.8. The van der Waals surface area contributed by atoms with Gasteiger partial charge in [0.25, 0.3) is 5.91 Å². The van der Waals surface area contributed by atoms with Crippen molar-refractivity contribution in [3.63, 3.8) is 0 Å². The molecular weight excluding hydrogens is 525 g/mol. The van der Waals surface area contributed by atoms with Crippen molar-refractivity contribution in [2.75, 3.05) is 23.3 Å². The number of aliphatic hydroxyl groups is 1. The van der Waals surface area contributed by atoms with Gasteiger partial charge in [-0.2, -0.15) is 0 Å². The van der Waals surface area contributed by atoms with E-state index in [0.29, 0.717) is 25.0 Å². The van der Waals surface area contributed by atoms with Crippen molar-refractivity contribution >= 4 is 51.6 Å². The van der Waals surface area contributed by atoms with Crippen molar-refractivity contribution < 1.29 is 18.7 Å². The van der Waals surface area contributed by atoms with Crippen LogP contribution in [0.5, 0.6) is 0 Å². The molecule has 0 bridgehead atoms. The standard InChI is InChI=1S/C26H18Cl2F2N4O3/c27-17-2-1-3-18(28)22(17)32-25(36)16-11-34(20-6-4-14(29)8-19(20)30)24-15(23(16)35)5-7-21(31-24)33-10-13-9-26(13,37)12-33/h1-8,11,13,37H,9-10,12H2,(H,32,36). The van der Waals surface area contributed by atoms with Crippen molar-refractivity contribution in [3.8, 4) is 5.69 Å². The first-order valence-electron chi connectivity index (χ1n) is 11.4. The van der Waals surface area contributed by atoms with Crippen LogP contribution in [0.4, 0.5) is 20.3 Å². The number of nitrogens with zero attached hydrogens (tertiary/aromatic N) is 3. The highest BCUT2D eigenvalue weighted by Gasteiger charge is 2.59. The number of anilines is 2. The summed E-state index contributed by atoms with van der Waals surface area (Å²) in [6.45, 7) is 0.994. The summed E-state index contributed by atoms with van der Waals surface area (Å²) in [5.74, 6) is -1.86. The van der Waals surface area contributed by atoms with Crippen molar-refractivity contribution in [2.45, 2.75) is 12.0 Å². The number of rotatable bonds is 4. The Labute approximate surface area is 218 Å². The fourth-order valence-corrected chi connectivity index (χ4v) is 5.31. The Morgan fingerprint density at radius 1 is 1.14 bits per heavy atom. The van der Waals surface area contributed by atoms with Gasteiger partial charge >= 0.3 is 0 Å². The molecule has 1 saturated heterocycles. The second-order valence-electron chi connectivity index (χ2n) is 9.31. The number of carbonyl (C=O) groups is 1. The van der Waals surface area contributed by atoms with Gasteiger partial charge in [0.1, 0.15) is 23.0 Å². The molecule has 1 amide bonds. The lowest BCUT2D eigenvalue weighted by molar-refractivity contribution is 0.102. The summed E-state index contributed by atoms with van der Waals surface area (Å²) in [6.07, 6.45) is 1.89. The number of β-amino-alcohol motifs (C(OH)–C–C–N with tert-alkyl or cyclic N) is 1. The monoisotopic (exact) mass is 542 g/mol. The Bertz CT molecular complexity index is 1660. The normalized spacial score (nSPS) is 20.2. The number of piperidine rings is 1. The SMILES string of the molecule is O=C(Nc1c(Cl)cccc1Cl)c1cn(-c2ccc(F)cc2F)c2nc(N3CC4CC4(O)C3)ccc2c1=O. The fourth-order valence-electron chi connectivity index (χ4n) is 4.82. The van der Waals surface area contributed by atoms with Gasteiger partial charge in [-0.15, -0.1) is 0 Å². The first-order chi connectivity index (χ1) is 17.6. The summed E-state index contributed by atoms with van der Waals surface area (Å²) in [6, 6.07) is 10.8. The predicted molar refractivity (Wildman–Crippen MR) is 137 cm³/mol. The molecule has 2 atom stereocenters. The Morgan fingerprint density at radius 2 is 1.89 bits per heavy atom. The molecule has 0 radical (unpaired) electrons. The maximum Gasteiger partial charge on any atom is 0.261 e. The van der Waals surface area contributed by atoms with E-state index in [2.05, 4.69) is 10.3 Å². The van der Waals surface area contributed by atoms with Crippen LogP contribution in [-0.2, 0) is 0 Å². The number of para-hydroxylation sites is 1. The van der Waals surface area contributed by atoms with Crippen LogP contribution in [0.25, 0.3) is 16.7 Å². The van der Waals surface area contributed by atoms with Gasteiger partial charge in [-0.05, 0) is 42.8 Å². The minimum absolute atomic E-state index is 0.0495. The van der Waals surface area contributed by atoms with Crippen LogP contribution in [0.3, 0.4) is 0 Å². The van der Waals surface area contributed by atoms with Crippen LogP contribution in [0.1, 0.15) is 16.8 Å². The van der Waals surface area contributed by atoms with E-state index in [1.807, 2.05) is 4.90 Å². The fraction of sp³-hybridized carbons (Fsp3) is 0.192. The smallest absolute Gasteiger partial charge is 0.261 e. The number of aromatic nitrogens is 2. The van der Waals surface area contributed by atoms with Gasteiger partial charge in [-0.3, -0.25) is 14.2 Å². The first-order valence-corrected chi connectivity index (χ1v) is 12.1. The number of nitrogens with one attached hydrogen (secondary N) is 1. The largest absolute Gasteiger partial charge is 0.388 e. The van der Waals surface area contributed by atoms with E-state index in [0.717, 1.165) is 18.7 Å². The molecule has 0 spiro atoms. The number of halogens is 4. The van der Waals surface area contributed by atoms with Crippen molar-refractivity contribution in [2.24, 2.45) is 5.92 Å². The van der Waals surface area contributed by atoms with Crippen molar-refractivity contribution in [1.82, 2.24) is 9.55 Å². The minimum Gasteiger partial charge on any atom is -0.388 e. The van der Waals surface area contributed by atoms with Gasteiger partial charge in [0.2, 0.25) is 5.43 Å². The summed E-state index contributed by atoms with van der Waals surface area (Å²) in [4.78, 5) is 33.1. The van der Waals surface area contributed by atoms with Crippen molar-refractivity contribution in [3.05, 3.63) is 92.2 Å². The summed E-state index contributed by atoms with van der Waals surface area (Å²) in [5, 5.41) is 13.4. The molecular formula is C26H18Cl2F2N4O3. The Balaban J connectivity index is 1.51. The predicted octanol–water partition coefficient (Wildman–Crippen LogP) is 4.79. The molecule has 1 aliphatic carbocycles. The van der Waals surface area contributed by atoms with Gasteiger partial charge in [-0.25, -0.2) is 13.8 Å². The Hall–Kier alpha value is -3.53. The highest BCUT2D eigenvalue weighted by Crippen LogP contribution is 2.50. The van der Waals surface area contributed by atoms with E-state index >= 15 is 0 Å². The van der Waals surface area contributed by atoms with Crippen LogP contribution in [-0.4, -0.2) is 39.3 Å². The molecule has 188 valence electrons. The summed E-state index contributed by atoms with van der Waals surface area (Å²) in [5.41, 5.74) is -1.61. The van der Waals surface area contributed by atoms with E-state index < -0.39 is 28.6 Å². The molecule has 2 aromatic heterocycles. The molecule has 2 fully saturated rings. The minimum atomic E-state index is -0.908. The lowest BCUT2D eigenvalue weighted by Crippen LogP contribution is -2.28. The maximum atomic E-state index is 14.9. The molecule has 2 unspecified atom stereocenters. The van der Waals surface area contributed by atoms with E-state index in [4.69, 9.17) is 23.2 Å². The Kier molecular flexibility index (Phi) is 5.48. The molecule has 4 aromatic rings. The number of benzene rings is 2. The highest BCUT2D eigenvalue weighted by molar-refractivity contribution is 6.40. The summed E-state index contributed by atoms with van der Waals surface area (Å²) >= 11 is 12.3. The molecule has 37 heavy (non-hydrogen) atoms. The zero-order valence-corrected chi connectivity index (χ0v) is 20.5. The molecule has 6 rings (SSSR count). The zero-order valence-electron chi connectivity index (χ0n) is 19.0. The summed E-state index contributed by atoms with van der Waals surface area (Å²) in [7, 11) is 0. The Morgan fingerprint density at radius 3 is 2.57 bits per heavy atom. The quantitative estimate of drug-likeness (QED) is 0.387. The van der Waals surface area contributed by atoms with Crippen molar-refractivity contribution in [1.29, 1.82) is 0 Å². The van der Waals surface area contributed by atoms with Gasteiger partial charge in [0, 0.05) is 31.3 Å². The number of hydrogen-bond donors (Lipinski definition) is 2. The van der Waals surface area contributed by atoms with Crippen LogP contribution < -0.4 is 15.6 Å². The van der Waals surface area contributed by atoms with Crippen LogP contribution in [0, 0.1) is 17.6 Å². The van der Waals surface area contributed by atoms with E-state index in [9.17, 15) is 23.5 Å². The van der Waals surface area contributed by atoms with Gasteiger partial charge < -0.3 is 15.3 Å². The molecule has 2 aromatic carbocycles. The number of carbonyl (C=O) groups excluding carboxylic acids is 1. The van der Waals surface area contributed by atoms with Crippen LogP contribution >= 0.6 is 23.2 Å². The average Bonchev–Trinajstić information content (AvgIpc) is 3.37. The van der Waals surface area contributed by atoms with E-state index in [-0.39, 0.29) is 43.9 Å². The third-order valence-corrected chi connectivity index (χ3v) is 7.51. The number of amides is 1. The third-order valence-electron chi connectivity index (χ3n) is 6.88. The van der Waals surface area contributed by atoms with Gasteiger partial charge in [-0.1, -0.05) is 29.3 Å². The lowest BCUT2D eigenvalue weighted by atomic mass is 10.1. The molecule has 2 N–H and O–H groups in total. The average molecular weight is 543 g/mol.